The molecular weight excluding hydrogens is 312 g/mol. The van der Waals surface area contributed by atoms with Gasteiger partial charge < -0.3 is 15.0 Å². The zero-order valence-corrected chi connectivity index (χ0v) is 13.0. The van der Waals surface area contributed by atoms with Crippen LogP contribution in [0.2, 0.25) is 0 Å². The zero-order valence-electron chi connectivity index (χ0n) is 10.6. The van der Waals surface area contributed by atoms with E-state index in [0.29, 0.717) is 6.04 Å². The molecule has 0 aromatic carbocycles. The summed E-state index contributed by atoms with van der Waals surface area (Å²) in [5.41, 5.74) is 0.259. The number of ether oxygens (including phenoxy) is 1. The third kappa shape index (κ3) is 2.39. The monoisotopic (exact) mass is 330 g/mol. The number of hydrogen-bond acceptors (Lipinski definition) is 4. The second-order valence-electron chi connectivity index (χ2n) is 5.44. The molecule has 5 heteroatoms. The summed E-state index contributed by atoms with van der Waals surface area (Å²) in [6, 6.07) is 2.90. The highest BCUT2D eigenvalue weighted by atomic mass is 79.9. The van der Waals surface area contributed by atoms with Gasteiger partial charge in [-0.15, -0.1) is 11.3 Å². The molecule has 18 heavy (non-hydrogen) atoms. The van der Waals surface area contributed by atoms with Crippen LogP contribution in [0.3, 0.4) is 0 Å². The minimum atomic E-state index is 0.259. The smallest absolute Gasteiger partial charge is 0.0594 e. The fourth-order valence-electron chi connectivity index (χ4n) is 2.84. The first kappa shape index (κ1) is 13.1. The van der Waals surface area contributed by atoms with Crippen LogP contribution in [0.4, 0.5) is 0 Å². The Balaban J connectivity index is 1.75. The molecule has 0 saturated carbocycles. The van der Waals surface area contributed by atoms with Crippen molar-refractivity contribution in [2.45, 2.75) is 17.9 Å². The first-order valence-corrected chi connectivity index (χ1v) is 8.10. The SMILES string of the molecule is CN1CCNCC1CC1(c2cc(Br)cs2)COC1. The summed E-state index contributed by atoms with van der Waals surface area (Å²) in [5, 5.41) is 5.68. The predicted molar refractivity (Wildman–Crippen MR) is 78.4 cm³/mol. The first-order chi connectivity index (χ1) is 8.70. The molecule has 0 bridgehead atoms. The fraction of sp³-hybridized carbons (Fsp3) is 0.692. The Morgan fingerprint density at radius 1 is 1.61 bits per heavy atom. The molecule has 2 aliphatic heterocycles. The molecular formula is C13H19BrN2OS. The number of nitrogens with one attached hydrogen (secondary N) is 1. The van der Waals surface area contributed by atoms with Gasteiger partial charge in [0.05, 0.1) is 18.6 Å². The molecule has 1 aromatic rings. The average molecular weight is 331 g/mol. The average Bonchev–Trinajstić information content (AvgIpc) is 2.73. The second kappa shape index (κ2) is 5.21. The van der Waals surface area contributed by atoms with Gasteiger partial charge in [-0.2, -0.15) is 0 Å². The van der Waals surface area contributed by atoms with Gasteiger partial charge in [-0.1, -0.05) is 0 Å². The van der Waals surface area contributed by atoms with E-state index in [0.717, 1.165) is 32.8 Å². The summed E-state index contributed by atoms with van der Waals surface area (Å²) < 4.78 is 6.73. The molecule has 1 N–H and O–H groups in total. The summed E-state index contributed by atoms with van der Waals surface area (Å²) in [5.74, 6) is 0. The number of hydrogen-bond donors (Lipinski definition) is 1. The maximum atomic E-state index is 5.53. The van der Waals surface area contributed by atoms with Crippen molar-refractivity contribution in [1.29, 1.82) is 0 Å². The van der Waals surface area contributed by atoms with Crippen molar-refractivity contribution in [2.24, 2.45) is 0 Å². The quantitative estimate of drug-likeness (QED) is 0.918. The Morgan fingerprint density at radius 2 is 2.44 bits per heavy atom. The second-order valence-corrected chi connectivity index (χ2v) is 7.27. The maximum absolute atomic E-state index is 5.53. The molecule has 2 fully saturated rings. The van der Waals surface area contributed by atoms with Crippen LogP contribution in [0.25, 0.3) is 0 Å². The van der Waals surface area contributed by atoms with Crippen molar-refractivity contribution in [3.8, 4) is 0 Å². The summed E-state index contributed by atoms with van der Waals surface area (Å²) in [7, 11) is 2.24. The van der Waals surface area contributed by atoms with Crippen molar-refractivity contribution in [3.05, 3.63) is 20.8 Å². The van der Waals surface area contributed by atoms with E-state index in [1.807, 2.05) is 11.3 Å². The van der Waals surface area contributed by atoms with E-state index >= 15 is 0 Å². The molecule has 3 heterocycles. The van der Waals surface area contributed by atoms with Gasteiger partial charge >= 0.3 is 0 Å². The molecule has 0 aliphatic carbocycles. The number of halogens is 1. The van der Waals surface area contributed by atoms with Gasteiger partial charge in [-0.05, 0) is 35.5 Å². The first-order valence-electron chi connectivity index (χ1n) is 6.43. The van der Waals surface area contributed by atoms with E-state index in [1.165, 1.54) is 15.8 Å². The minimum absolute atomic E-state index is 0.259. The number of rotatable bonds is 3. The molecule has 0 amide bonds. The molecule has 1 unspecified atom stereocenters. The molecule has 2 aliphatic rings. The predicted octanol–water partition coefficient (Wildman–Crippen LogP) is 2.07. The summed E-state index contributed by atoms with van der Waals surface area (Å²) >= 11 is 5.42. The van der Waals surface area contributed by atoms with Crippen molar-refractivity contribution in [3.63, 3.8) is 0 Å². The Kier molecular flexibility index (Phi) is 3.78. The molecule has 1 atom stereocenters. The van der Waals surface area contributed by atoms with E-state index in [4.69, 9.17) is 4.74 Å². The van der Waals surface area contributed by atoms with Gasteiger partial charge in [0.1, 0.15) is 0 Å². The number of piperazine rings is 1. The van der Waals surface area contributed by atoms with Crippen molar-refractivity contribution in [2.75, 3.05) is 39.9 Å². The van der Waals surface area contributed by atoms with E-state index in [-0.39, 0.29) is 5.41 Å². The third-order valence-corrected chi connectivity index (χ3v) is 6.06. The Labute approximate surface area is 121 Å². The number of nitrogens with zero attached hydrogens (tertiary/aromatic N) is 1. The normalized spacial score (nSPS) is 28.0. The lowest BCUT2D eigenvalue weighted by Gasteiger charge is -2.46. The van der Waals surface area contributed by atoms with Crippen LogP contribution in [0.15, 0.2) is 15.9 Å². The maximum Gasteiger partial charge on any atom is 0.0594 e. The van der Waals surface area contributed by atoms with Crippen molar-refractivity contribution in [1.82, 2.24) is 10.2 Å². The van der Waals surface area contributed by atoms with Crippen LogP contribution in [-0.2, 0) is 10.2 Å². The summed E-state index contributed by atoms with van der Waals surface area (Å²) in [4.78, 5) is 3.96. The Morgan fingerprint density at radius 3 is 3.00 bits per heavy atom. The van der Waals surface area contributed by atoms with Crippen LogP contribution in [0.5, 0.6) is 0 Å². The lowest BCUT2D eigenvalue weighted by atomic mass is 9.77. The van der Waals surface area contributed by atoms with Gasteiger partial charge in [0.15, 0.2) is 0 Å². The lowest BCUT2D eigenvalue weighted by Crippen LogP contribution is -2.56. The van der Waals surface area contributed by atoms with Crippen LogP contribution in [0, 0.1) is 0 Å². The van der Waals surface area contributed by atoms with E-state index < -0.39 is 0 Å². The Hall–Kier alpha value is 0.0600. The van der Waals surface area contributed by atoms with E-state index in [2.05, 4.69) is 44.6 Å². The molecule has 0 spiro atoms. The Bertz CT molecular complexity index is 419. The molecule has 2 saturated heterocycles. The summed E-state index contributed by atoms with van der Waals surface area (Å²) in [6.07, 6.45) is 1.20. The van der Waals surface area contributed by atoms with E-state index in [1.54, 1.807) is 0 Å². The van der Waals surface area contributed by atoms with Gasteiger partial charge in [0, 0.05) is 40.4 Å². The fourth-order valence-corrected chi connectivity index (χ4v) is 4.46. The van der Waals surface area contributed by atoms with Crippen molar-refractivity contribution >= 4 is 27.3 Å². The highest BCUT2D eigenvalue weighted by Crippen LogP contribution is 2.41. The van der Waals surface area contributed by atoms with Crippen LogP contribution < -0.4 is 5.32 Å². The molecule has 3 rings (SSSR count). The largest absolute Gasteiger partial charge is 0.379 e. The third-order valence-electron chi connectivity index (χ3n) is 4.12. The lowest BCUT2D eigenvalue weighted by molar-refractivity contribution is -0.0735. The number of likely N-dealkylation sites (N-methyl/N-ethyl adjacent to an activating group) is 1. The van der Waals surface area contributed by atoms with Gasteiger partial charge in [-0.25, -0.2) is 0 Å². The van der Waals surface area contributed by atoms with Crippen LogP contribution in [-0.4, -0.2) is 50.8 Å². The van der Waals surface area contributed by atoms with Gasteiger partial charge in [0.2, 0.25) is 0 Å². The topological polar surface area (TPSA) is 24.5 Å². The minimum Gasteiger partial charge on any atom is -0.379 e. The standard InChI is InChI=1S/C13H19BrN2OS/c1-16-3-2-15-6-11(16)5-13(8-17-9-13)12-4-10(14)7-18-12/h4,7,11,15H,2-3,5-6,8-9H2,1H3. The number of thiophene rings is 1. The van der Waals surface area contributed by atoms with E-state index in [9.17, 15) is 0 Å². The molecule has 0 radical (unpaired) electrons. The van der Waals surface area contributed by atoms with Crippen molar-refractivity contribution < 1.29 is 4.74 Å². The van der Waals surface area contributed by atoms with Crippen LogP contribution >= 0.6 is 27.3 Å². The van der Waals surface area contributed by atoms with Crippen LogP contribution in [0.1, 0.15) is 11.3 Å². The summed E-state index contributed by atoms with van der Waals surface area (Å²) in [6.45, 7) is 5.12. The highest BCUT2D eigenvalue weighted by molar-refractivity contribution is 9.10. The molecule has 3 nitrogen and oxygen atoms in total. The van der Waals surface area contributed by atoms with Gasteiger partial charge in [0.25, 0.3) is 0 Å². The highest BCUT2D eigenvalue weighted by Gasteiger charge is 2.44. The van der Waals surface area contributed by atoms with Gasteiger partial charge in [-0.3, -0.25) is 0 Å². The molecule has 100 valence electrons. The zero-order chi connectivity index (χ0) is 12.6. The molecule has 1 aromatic heterocycles.